The van der Waals surface area contributed by atoms with Crippen molar-refractivity contribution >= 4 is 39.8 Å². The molecule has 0 aromatic heterocycles. The Morgan fingerprint density at radius 2 is 2.24 bits per heavy atom. The van der Waals surface area contributed by atoms with Gasteiger partial charge in [-0.15, -0.1) is 0 Å². The molecule has 1 amide bonds. The molecule has 6 nitrogen and oxygen atoms in total. The van der Waals surface area contributed by atoms with Crippen LogP contribution >= 0.6 is 11.6 Å². The minimum Gasteiger partial charge on any atom is -0.369 e. The fourth-order valence-corrected chi connectivity index (χ4v) is 3.39. The molecule has 1 N–H and O–H groups in total. The highest BCUT2D eigenvalue weighted by molar-refractivity contribution is 7.90. The molecule has 0 spiro atoms. The Labute approximate surface area is 132 Å². The summed E-state index contributed by atoms with van der Waals surface area (Å²) in [6, 6.07) is 0. The molecule has 1 atom stereocenters. The summed E-state index contributed by atoms with van der Waals surface area (Å²) in [5, 5.41) is 3.14. The third-order valence-corrected chi connectivity index (χ3v) is 4.57. The van der Waals surface area contributed by atoms with E-state index in [0.717, 1.165) is 0 Å². The molecule has 0 saturated carbocycles. The standard InChI is InChI=1S/C13H21ClN4O2S/c1-15-13(16-7-4-5-11(19)18(2)3)12-10(17-9-14)6-8-21(12)20/h9H,4-8H2,1-3H3,(H,15,16). The predicted molar refractivity (Wildman–Crippen MR) is 88.3 cm³/mol. The van der Waals surface area contributed by atoms with Gasteiger partial charge in [-0.3, -0.25) is 14.0 Å². The molecule has 118 valence electrons. The summed E-state index contributed by atoms with van der Waals surface area (Å²) in [6.45, 7) is 0.588. The lowest BCUT2D eigenvalue weighted by molar-refractivity contribution is -0.128. The molecular formula is C13H21ClN4O2S. The van der Waals surface area contributed by atoms with E-state index in [0.29, 0.717) is 48.0 Å². The van der Waals surface area contributed by atoms with Crippen molar-refractivity contribution in [3.63, 3.8) is 0 Å². The number of rotatable bonds is 6. The lowest BCUT2D eigenvalue weighted by Gasteiger charge is -2.12. The number of amides is 1. The molecule has 1 aliphatic rings. The van der Waals surface area contributed by atoms with Gasteiger partial charge in [-0.25, -0.2) is 4.99 Å². The fraction of sp³-hybridized carbons (Fsp3) is 0.615. The Balaban J connectivity index is 2.61. The van der Waals surface area contributed by atoms with Gasteiger partial charge < -0.3 is 10.2 Å². The normalized spacial score (nSPS) is 19.4. The molecule has 0 radical (unpaired) electrons. The molecular weight excluding hydrogens is 312 g/mol. The number of carbonyl (C=O) groups excluding carboxylic acids is 1. The van der Waals surface area contributed by atoms with Crippen LogP contribution in [0.4, 0.5) is 0 Å². The van der Waals surface area contributed by atoms with Gasteiger partial charge in [0.05, 0.1) is 22.2 Å². The predicted octanol–water partition coefficient (Wildman–Crippen LogP) is 1.10. The molecule has 0 aliphatic carbocycles. The first-order chi connectivity index (χ1) is 10.0. The maximum atomic E-state index is 12.0. The Kier molecular flexibility index (Phi) is 7.60. The first kappa shape index (κ1) is 17.8. The molecule has 0 bridgehead atoms. The van der Waals surface area contributed by atoms with Gasteiger partial charge in [-0.1, -0.05) is 11.6 Å². The van der Waals surface area contributed by atoms with E-state index < -0.39 is 10.8 Å². The van der Waals surface area contributed by atoms with Crippen LogP contribution in [0.25, 0.3) is 0 Å². The second-order valence-corrected chi connectivity index (χ2v) is 6.40. The Morgan fingerprint density at radius 1 is 1.52 bits per heavy atom. The molecule has 0 aromatic carbocycles. The molecule has 21 heavy (non-hydrogen) atoms. The monoisotopic (exact) mass is 332 g/mol. The second kappa shape index (κ2) is 8.94. The van der Waals surface area contributed by atoms with Gasteiger partial charge in [0, 0.05) is 46.3 Å². The minimum absolute atomic E-state index is 0.0860. The van der Waals surface area contributed by atoms with Gasteiger partial charge in [0.25, 0.3) is 0 Å². The summed E-state index contributed by atoms with van der Waals surface area (Å²) < 4.78 is 12.0. The number of nitrogens with one attached hydrogen (secondary N) is 1. The van der Waals surface area contributed by atoms with Crippen molar-refractivity contribution in [3.05, 3.63) is 10.6 Å². The van der Waals surface area contributed by atoms with Crippen molar-refractivity contribution in [2.75, 3.05) is 33.4 Å². The number of hydrogen-bond acceptors (Lipinski definition) is 4. The largest absolute Gasteiger partial charge is 0.369 e. The van der Waals surface area contributed by atoms with Gasteiger partial charge in [-0.05, 0) is 6.42 Å². The smallest absolute Gasteiger partial charge is 0.222 e. The molecule has 0 saturated heterocycles. The highest BCUT2D eigenvalue weighted by Gasteiger charge is 2.25. The van der Waals surface area contributed by atoms with Crippen molar-refractivity contribution in [1.29, 1.82) is 0 Å². The summed E-state index contributed by atoms with van der Waals surface area (Å²) >= 11 is 5.51. The van der Waals surface area contributed by atoms with Crippen molar-refractivity contribution < 1.29 is 9.00 Å². The van der Waals surface area contributed by atoms with Crippen molar-refractivity contribution in [2.45, 2.75) is 19.3 Å². The molecule has 0 aromatic rings. The Bertz CT molecular complexity index is 500. The van der Waals surface area contributed by atoms with E-state index in [1.807, 2.05) is 0 Å². The minimum atomic E-state index is -1.10. The summed E-state index contributed by atoms with van der Waals surface area (Å²) in [6.07, 6.45) is 1.78. The number of hydrogen-bond donors (Lipinski definition) is 1. The lowest BCUT2D eigenvalue weighted by atomic mass is 10.2. The van der Waals surface area contributed by atoms with Crippen LogP contribution < -0.4 is 5.32 Å². The van der Waals surface area contributed by atoms with E-state index in [4.69, 9.17) is 11.6 Å². The second-order valence-electron chi connectivity index (χ2n) is 4.69. The van der Waals surface area contributed by atoms with Crippen LogP contribution in [0.1, 0.15) is 19.3 Å². The van der Waals surface area contributed by atoms with Crippen LogP contribution in [0.15, 0.2) is 20.6 Å². The van der Waals surface area contributed by atoms with Crippen molar-refractivity contribution in [3.8, 4) is 0 Å². The number of carbonyl (C=O) groups is 1. The Hall–Kier alpha value is -1.21. The third-order valence-electron chi connectivity index (χ3n) is 3.02. The zero-order valence-corrected chi connectivity index (χ0v) is 14.1. The maximum Gasteiger partial charge on any atom is 0.222 e. The molecule has 1 aliphatic heterocycles. The Morgan fingerprint density at radius 3 is 2.81 bits per heavy atom. The van der Waals surface area contributed by atoms with Crippen LogP contribution in [0, 0.1) is 0 Å². The van der Waals surface area contributed by atoms with E-state index >= 15 is 0 Å². The zero-order chi connectivity index (χ0) is 15.8. The van der Waals surface area contributed by atoms with E-state index in [1.165, 1.54) is 5.67 Å². The molecule has 8 heteroatoms. The van der Waals surface area contributed by atoms with Gasteiger partial charge in [0.1, 0.15) is 10.7 Å². The van der Waals surface area contributed by atoms with Crippen LogP contribution in [-0.2, 0) is 15.6 Å². The number of aliphatic imine (C=N–C) groups is 2. The highest BCUT2D eigenvalue weighted by atomic mass is 35.5. The molecule has 0 fully saturated rings. The average Bonchev–Trinajstić information content (AvgIpc) is 2.80. The number of allylic oxidation sites excluding steroid dienone is 1. The maximum absolute atomic E-state index is 12.0. The van der Waals surface area contributed by atoms with Crippen molar-refractivity contribution in [2.24, 2.45) is 9.98 Å². The van der Waals surface area contributed by atoms with E-state index in [9.17, 15) is 9.00 Å². The highest BCUT2D eigenvalue weighted by Crippen LogP contribution is 2.24. The number of halogens is 1. The van der Waals surface area contributed by atoms with Crippen LogP contribution in [-0.4, -0.2) is 60.0 Å². The first-order valence-corrected chi connectivity index (χ1v) is 8.42. The summed E-state index contributed by atoms with van der Waals surface area (Å²) in [7, 11) is 4.00. The van der Waals surface area contributed by atoms with E-state index in [-0.39, 0.29) is 5.91 Å². The van der Waals surface area contributed by atoms with Gasteiger partial charge in [0.2, 0.25) is 5.91 Å². The third kappa shape index (κ3) is 5.24. The van der Waals surface area contributed by atoms with Gasteiger partial charge in [-0.2, -0.15) is 0 Å². The summed E-state index contributed by atoms with van der Waals surface area (Å²) in [5.74, 6) is 1.20. The molecule has 1 unspecified atom stereocenters. The van der Waals surface area contributed by atoms with E-state index in [2.05, 4.69) is 15.3 Å². The summed E-state index contributed by atoms with van der Waals surface area (Å²) in [5.41, 5.74) is 1.89. The topological polar surface area (TPSA) is 74.1 Å². The SMILES string of the molecule is CN=C(NCCCC(=O)N(C)C)C1=C(N=CCl)CCS1=O. The van der Waals surface area contributed by atoms with Crippen LogP contribution in [0.5, 0.6) is 0 Å². The quantitative estimate of drug-likeness (QED) is 0.450. The molecule has 1 rings (SSSR count). The first-order valence-electron chi connectivity index (χ1n) is 6.66. The van der Waals surface area contributed by atoms with Gasteiger partial charge >= 0.3 is 0 Å². The van der Waals surface area contributed by atoms with E-state index in [1.54, 1.807) is 26.0 Å². The number of amidine groups is 1. The number of nitrogens with zero attached hydrogens (tertiary/aromatic N) is 3. The molecule has 1 heterocycles. The average molecular weight is 333 g/mol. The lowest BCUT2D eigenvalue weighted by Crippen LogP contribution is -2.29. The van der Waals surface area contributed by atoms with Crippen LogP contribution in [0.3, 0.4) is 0 Å². The fourth-order valence-electron chi connectivity index (χ4n) is 1.89. The zero-order valence-electron chi connectivity index (χ0n) is 12.6. The van der Waals surface area contributed by atoms with Crippen LogP contribution in [0.2, 0.25) is 0 Å². The summed E-state index contributed by atoms with van der Waals surface area (Å²) in [4.78, 5) is 21.9. The van der Waals surface area contributed by atoms with Crippen molar-refractivity contribution in [1.82, 2.24) is 10.2 Å². The van der Waals surface area contributed by atoms with Gasteiger partial charge in [0.15, 0.2) is 0 Å².